The summed E-state index contributed by atoms with van der Waals surface area (Å²) in [6, 6.07) is 3.94. The first-order chi connectivity index (χ1) is 8.99. The molecule has 0 bridgehead atoms. The fraction of sp³-hybridized carbons (Fsp3) is 0.231. The zero-order valence-electron chi connectivity index (χ0n) is 10.6. The van der Waals surface area contributed by atoms with Gasteiger partial charge in [-0.1, -0.05) is 0 Å². The number of hydrogen-bond acceptors (Lipinski definition) is 4. The Hall–Kier alpha value is -2.37. The Morgan fingerprint density at radius 2 is 2.16 bits per heavy atom. The fourth-order valence-electron chi connectivity index (χ4n) is 1.59. The van der Waals surface area contributed by atoms with Gasteiger partial charge in [-0.15, -0.1) is 0 Å². The van der Waals surface area contributed by atoms with Crippen LogP contribution in [0.3, 0.4) is 0 Å². The topological polar surface area (TPSA) is 70.1 Å². The Labute approximate surface area is 109 Å². The largest absolute Gasteiger partial charge is 0.431 e. The third-order valence-corrected chi connectivity index (χ3v) is 2.56. The van der Waals surface area contributed by atoms with Gasteiger partial charge in [-0.05, 0) is 26.0 Å². The van der Waals surface area contributed by atoms with Gasteiger partial charge in [0.1, 0.15) is 0 Å². The molecule has 0 atom stereocenters. The molecule has 19 heavy (non-hydrogen) atoms. The minimum absolute atomic E-state index is 0.0332. The van der Waals surface area contributed by atoms with Crippen molar-refractivity contribution in [3.05, 3.63) is 46.8 Å². The van der Waals surface area contributed by atoms with Crippen LogP contribution in [-0.4, -0.2) is 9.55 Å². The Bertz CT molecular complexity index is 653. The second-order valence-electron chi connectivity index (χ2n) is 4.33. The monoisotopic (exact) mass is 263 g/mol. The maximum Gasteiger partial charge on any atom is 0.313 e. The Morgan fingerprint density at radius 3 is 2.79 bits per heavy atom. The molecule has 0 aliphatic carbocycles. The minimum atomic E-state index is -0.638. The quantitative estimate of drug-likeness (QED) is 0.863. The van der Waals surface area contributed by atoms with Crippen molar-refractivity contribution in [1.29, 1.82) is 0 Å². The smallest absolute Gasteiger partial charge is 0.313 e. The van der Waals surface area contributed by atoms with Crippen molar-refractivity contribution in [2.45, 2.75) is 19.9 Å². The van der Waals surface area contributed by atoms with Gasteiger partial charge < -0.3 is 15.0 Å². The van der Waals surface area contributed by atoms with Crippen LogP contribution in [0.4, 0.5) is 10.1 Å². The van der Waals surface area contributed by atoms with Crippen LogP contribution in [0.2, 0.25) is 0 Å². The van der Waals surface area contributed by atoms with Crippen molar-refractivity contribution in [2.24, 2.45) is 0 Å². The number of rotatable bonds is 3. The van der Waals surface area contributed by atoms with Crippen molar-refractivity contribution in [1.82, 2.24) is 9.55 Å². The van der Waals surface area contributed by atoms with Crippen molar-refractivity contribution in [2.75, 3.05) is 5.73 Å². The van der Waals surface area contributed by atoms with E-state index in [9.17, 15) is 9.18 Å². The Kier molecular flexibility index (Phi) is 3.50. The zero-order chi connectivity index (χ0) is 14.0. The molecule has 0 saturated heterocycles. The summed E-state index contributed by atoms with van der Waals surface area (Å²) in [5, 5.41) is 0. The second-order valence-corrected chi connectivity index (χ2v) is 4.33. The van der Waals surface area contributed by atoms with Gasteiger partial charge in [-0.2, -0.15) is 0 Å². The highest BCUT2D eigenvalue weighted by Crippen LogP contribution is 2.22. The lowest BCUT2D eigenvalue weighted by molar-refractivity contribution is 0.410. The van der Waals surface area contributed by atoms with Gasteiger partial charge in [0.2, 0.25) is 0 Å². The lowest BCUT2D eigenvalue weighted by Crippen LogP contribution is -2.23. The van der Waals surface area contributed by atoms with E-state index < -0.39 is 11.4 Å². The standard InChI is InChI=1S/C13H14FN3O2/c1-8(2)17-6-5-16-12(13(17)18)19-11-4-3-9(15)7-10(11)14/h3-8H,15H2,1-2H3. The summed E-state index contributed by atoms with van der Waals surface area (Å²) >= 11 is 0. The summed E-state index contributed by atoms with van der Waals surface area (Å²) in [5.74, 6) is -0.888. The van der Waals surface area contributed by atoms with E-state index in [0.717, 1.165) is 6.07 Å². The molecule has 0 saturated carbocycles. The second kappa shape index (κ2) is 5.09. The highest BCUT2D eigenvalue weighted by molar-refractivity contribution is 5.43. The van der Waals surface area contributed by atoms with Crippen LogP contribution in [0, 0.1) is 5.82 Å². The third kappa shape index (κ3) is 2.73. The number of halogens is 1. The number of hydrogen-bond donors (Lipinski definition) is 1. The number of nitrogen functional groups attached to an aromatic ring is 1. The van der Waals surface area contributed by atoms with Crippen molar-refractivity contribution < 1.29 is 9.13 Å². The molecule has 6 heteroatoms. The van der Waals surface area contributed by atoms with E-state index >= 15 is 0 Å². The normalized spacial score (nSPS) is 10.7. The van der Waals surface area contributed by atoms with Crippen LogP contribution >= 0.6 is 0 Å². The molecule has 1 aromatic heterocycles. The van der Waals surface area contributed by atoms with Gasteiger partial charge in [0.15, 0.2) is 11.6 Å². The van der Waals surface area contributed by atoms with E-state index in [4.69, 9.17) is 10.5 Å². The lowest BCUT2D eigenvalue weighted by Gasteiger charge is -2.11. The molecule has 0 radical (unpaired) electrons. The number of nitrogens with two attached hydrogens (primary N) is 1. The molecule has 0 spiro atoms. The first-order valence-electron chi connectivity index (χ1n) is 5.79. The zero-order valence-corrected chi connectivity index (χ0v) is 10.6. The van der Waals surface area contributed by atoms with Crippen molar-refractivity contribution >= 4 is 5.69 Å². The first kappa shape index (κ1) is 13.1. The highest BCUT2D eigenvalue weighted by Gasteiger charge is 2.12. The number of nitrogens with zero attached hydrogens (tertiary/aromatic N) is 2. The number of ether oxygens (including phenoxy) is 1. The summed E-state index contributed by atoms with van der Waals surface area (Å²) in [6.07, 6.45) is 2.99. The third-order valence-electron chi connectivity index (χ3n) is 2.56. The molecule has 2 aromatic rings. The van der Waals surface area contributed by atoms with E-state index in [1.807, 2.05) is 13.8 Å². The van der Waals surface area contributed by atoms with E-state index in [1.165, 1.54) is 22.9 Å². The van der Waals surface area contributed by atoms with Gasteiger partial charge in [-0.25, -0.2) is 9.37 Å². The molecule has 1 aromatic carbocycles. The predicted octanol–water partition coefficient (Wildman–Crippen LogP) is 2.34. The first-order valence-corrected chi connectivity index (χ1v) is 5.79. The average Bonchev–Trinajstić information content (AvgIpc) is 2.34. The molecule has 0 fully saturated rings. The maximum absolute atomic E-state index is 13.6. The highest BCUT2D eigenvalue weighted by atomic mass is 19.1. The maximum atomic E-state index is 13.6. The van der Waals surface area contributed by atoms with E-state index in [0.29, 0.717) is 0 Å². The van der Waals surface area contributed by atoms with Crippen LogP contribution in [0.25, 0.3) is 0 Å². The summed E-state index contributed by atoms with van der Waals surface area (Å²) in [4.78, 5) is 15.8. The van der Waals surface area contributed by atoms with E-state index in [2.05, 4.69) is 4.98 Å². The van der Waals surface area contributed by atoms with Gasteiger partial charge in [0.05, 0.1) is 0 Å². The van der Waals surface area contributed by atoms with Crippen LogP contribution in [-0.2, 0) is 0 Å². The molecule has 0 amide bonds. The van der Waals surface area contributed by atoms with Crippen LogP contribution in [0.15, 0.2) is 35.4 Å². The van der Waals surface area contributed by atoms with Crippen molar-refractivity contribution in [3.8, 4) is 11.6 Å². The summed E-state index contributed by atoms with van der Waals surface area (Å²) < 4.78 is 20.3. The molecule has 0 unspecified atom stereocenters. The Balaban J connectivity index is 2.39. The summed E-state index contributed by atoms with van der Waals surface area (Å²) in [7, 11) is 0. The molecule has 2 rings (SSSR count). The molecule has 5 nitrogen and oxygen atoms in total. The average molecular weight is 263 g/mol. The van der Waals surface area contributed by atoms with Crippen LogP contribution < -0.4 is 16.0 Å². The van der Waals surface area contributed by atoms with Crippen LogP contribution in [0.1, 0.15) is 19.9 Å². The molecule has 0 aliphatic heterocycles. The minimum Gasteiger partial charge on any atom is -0.431 e. The molecule has 100 valence electrons. The van der Waals surface area contributed by atoms with Gasteiger partial charge in [-0.3, -0.25) is 4.79 Å². The SMILES string of the molecule is CC(C)n1ccnc(Oc2ccc(N)cc2F)c1=O. The molecular formula is C13H14FN3O2. The Morgan fingerprint density at radius 1 is 1.42 bits per heavy atom. The number of benzene rings is 1. The van der Waals surface area contributed by atoms with Crippen molar-refractivity contribution in [3.63, 3.8) is 0 Å². The van der Waals surface area contributed by atoms with E-state index in [1.54, 1.807) is 6.20 Å². The fourth-order valence-corrected chi connectivity index (χ4v) is 1.59. The molecule has 0 aliphatic rings. The number of aromatic nitrogens is 2. The van der Waals surface area contributed by atoms with Gasteiger partial charge in [0.25, 0.3) is 5.88 Å². The van der Waals surface area contributed by atoms with Gasteiger partial charge >= 0.3 is 5.56 Å². The summed E-state index contributed by atoms with van der Waals surface area (Å²) in [6.45, 7) is 3.71. The van der Waals surface area contributed by atoms with Gasteiger partial charge in [0, 0.05) is 30.2 Å². The van der Waals surface area contributed by atoms with E-state index in [-0.39, 0.29) is 23.4 Å². The molecule has 2 N–H and O–H groups in total. The molecular weight excluding hydrogens is 249 g/mol. The van der Waals surface area contributed by atoms with Crippen LogP contribution in [0.5, 0.6) is 11.6 Å². The lowest BCUT2D eigenvalue weighted by atomic mass is 10.3. The summed E-state index contributed by atoms with van der Waals surface area (Å²) in [5.41, 5.74) is 5.31. The molecule has 1 heterocycles. The number of anilines is 1. The predicted molar refractivity (Wildman–Crippen MR) is 69.8 cm³/mol.